The predicted molar refractivity (Wildman–Crippen MR) is 43.7 cm³/mol. The lowest BCUT2D eigenvalue weighted by Crippen LogP contribution is -2.04. The van der Waals surface area contributed by atoms with Crippen LogP contribution in [0.1, 0.15) is 0 Å². The Hall–Kier alpha value is -1.04. The van der Waals surface area contributed by atoms with Gasteiger partial charge in [-0.2, -0.15) is 0 Å². The Morgan fingerprint density at radius 3 is 3.08 bits per heavy atom. The molecule has 66 valence electrons. The Morgan fingerprint density at radius 1 is 1.83 bits per heavy atom. The van der Waals surface area contributed by atoms with Gasteiger partial charge < -0.3 is 4.74 Å². The SMILES string of the molecule is COC(=O)CSc1cnnn1C. The molecule has 1 heterocycles. The lowest BCUT2D eigenvalue weighted by atomic mass is 10.8. The maximum atomic E-state index is 10.7. The number of thioether (sulfide) groups is 1. The minimum Gasteiger partial charge on any atom is -0.468 e. The van der Waals surface area contributed by atoms with Crippen molar-refractivity contribution in [1.82, 2.24) is 15.0 Å². The lowest BCUT2D eigenvalue weighted by molar-refractivity contribution is -0.137. The van der Waals surface area contributed by atoms with Crippen molar-refractivity contribution < 1.29 is 9.53 Å². The summed E-state index contributed by atoms with van der Waals surface area (Å²) in [5.74, 6) is 0.0405. The van der Waals surface area contributed by atoms with Crippen LogP contribution in [0.2, 0.25) is 0 Å². The van der Waals surface area contributed by atoms with E-state index in [-0.39, 0.29) is 11.7 Å². The minimum absolute atomic E-state index is 0.249. The zero-order chi connectivity index (χ0) is 8.97. The predicted octanol–water partition coefficient (Wildman–Crippen LogP) is 0.0802. The van der Waals surface area contributed by atoms with Crippen molar-refractivity contribution in [2.45, 2.75) is 5.03 Å². The van der Waals surface area contributed by atoms with Gasteiger partial charge in [0.25, 0.3) is 0 Å². The molecule has 0 saturated heterocycles. The summed E-state index contributed by atoms with van der Waals surface area (Å²) in [5, 5.41) is 8.23. The van der Waals surface area contributed by atoms with E-state index in [1.807, 2.05) is 0 Å². The van der Waals surface area contributed by atoms with Gasteiger partial charge in [-0.15, -0.1) is 5.10 Å². The standard InChI is InChI=1S/C6H9N3O2S/c1-9-5(3-7-8-9)12-4-6(10)11-2/h3H,4H2,1-2H3. The monoisotopic (exact) mass is 187 g/mol. The average Bonchev–Trinajstić information content (AvgIpc) is 2.47. The summed E-state index contributed by atoms with van der Waals surface area (Å²) in [6.45, 7) is 0. The molecule has 0 aromatic carbocycles. The van der Waals surface area contributed by atoms with Gasteiger partial charge in [-0.3, -0.25) is 4.79 Å². The number of aryl methyl sites for hydroxylation is 1. The van der Waals surface area contributed by atoms with Crippen molar-refractivity contribution in [3.8, 4) is 0 Å². The van der Waals surface area contributed by atoms with Gasteiger partial charge >= 0.3 is 5.97 Å². The Balaban J connectivity index is 2.43. The Bertz CT molecular complexity index is 274. The highest BCUT2D eigenvalue weighted by atomic mass is 32.2. The largest absolute Gasteiger partial charge is 0.468 e. The normalized spacial score (nSPS) is 9.83. The Labute approximate surface area is 74.1 Å². The van der Waals surface area contributed by atoms with Crippen molar-refractivity contribution in [2.75, 3.05) is 12.9 Å². The molecule has 0 radical (unpaired) electrons. The molecule has 1 aromatic rings. The molecule has 0 spiro atoms. The van der Waals surface area contributed by atoms with Crippen LogP contribution >= 0.6 is 11.8 Å². The summed E-state index contributed by atoms with van der Waals surface area (Å²) in [7, 11) is 3.14. The van der Waals surface area contributed by atoms with E-state index in [1.165, 1.54) is 18.9 Å². The van der Waals surface area contributed by atoms with E-state index in [2.05, 4.69) is 15.0 Å². The summed E-state index contributed by atoms with van der Waals surface area (Å²) in [6, 6.07) is 0. The van der Waals surface area contributed by atoms with E-state index >= 15 is 0 Å². The third-order valence-corrected chi connectivity index (χ3v) is 2.28. The molecule has 12 heavy (non-hydrogen) atoms. The second-order valence-electron chi connectivity index (χ2n) is 2.06. The van der Waals surface area contributed by atoms with Gasteiger partial charge in [-0.25, -0.2) is 4.68 Å². The Kier molecular flexibility index (Phi) is 3.09. The second-order valence-corrected chi connectivity index (χ2v) is 3.06. The first-order valence-electron chi connectivity index (χ1n) is 3.28. The number of esters is 1. The number of carbonyl (C=O) groups is 1. The van der Waals surface area contributed by atoms with Crippen LogP contribution in [-0.2, 0) is 16.6 Å². The molecule has 0 saturated carbocycles. The summed E-state index contributed by atoms with van der Waals surface area (Å²) in [4.78, 5) is 10.7. The lowest BCUT2D eigenvalue weighted by Gasteiger charge is -1.98. The van der Waals surface area contributed by atoms with Crippen LogP contribution in [0.4, 0.5) is 0 Å². The summed E-state index contributed by atoms with van der Waals surface area (Å²) < 4.78 is 6.08. The number of nitrogens with zero attached hydrogens (tertiary/aromatic N) is 3. The topological polar surface area (TPSA) is 57.0 Å². The fourth-order valence-electron chi connectivity index (χ4n) is 0.603. The molecular weight excluding hydrogens is 178 g/mol. The van der Waals surface area contributed by atoms with E-state index < -0.39 is 0 Å². The average molecular weight is 187 g/mol. The number of rotatable bonds is 3. The zero-order valence-electron chi connectivity index (χ0n) is 6.85. The number of methoxy groups -OCH3 is 1. The van der Waals surface area contributed by atoms with Crippen molar-refractivity contribution in [1.29, 1.82) is 0 Å². The van der Waals surface area contributed by atoms with Gasteiger partial charge in [0.05, 0.1) is 19.1 Å². The molecule has 6 heteroatoms. The summed E-state index contributed by atoms with van der Waals surface area (Å²) in [5.41, 5.74) is 0. The van der Waals surface area contributed by atoms with E-state index in [4.69, 9.17) is 0 Å². The highest BCUT2D eigenvalue weighted by molar-refractivity contribution is 7.99. The van der Waals surface area contributed by atoms with Crippen LogP contribution in [0.15, 0.2) is 11.2 Å². The molecule has 5 nitrogen and oxygen atoms in total. The van der Waals surface area contributed by atoms with Gasteiger partial charge in [-0.05, 0) is 0 Å². The third-order valence-electron chi connectivity index (χ3n) is 1.24. The van der Waals surface area contributed by atoms with Crippen LogP contribution in [0, 0.1) is 0 Å². The van der Waals surface area contributed by atoms with Crippen LogP contribution in [-0.4, -0.2) is 33.8 Å². The number of hydrogen-bond acceptors (Lipinski definition) is 5. The molecule has 0 bridgehead atoms. The van der Waals surface area contributed by atoms with Gasteiger partial charge in [0, 0.05) is 7.05 Å². The first kappa shape index (κ1) is 9.05. The molecule has 1 aromatic heterocycles. The summed E-state index contributed by atoms with van der Waals surface area (Å²) in [6.07, 6.45) is 1.60. The minimum atomic E-state index is -0.249. The fraction of sp³-hybridized carbons (Fsp3) is 0.500. The van der Waals surface area contributed by atoms with E-state index in [1.54, 1.807) is 17.9 Å². The number of carbonyl (C=O) groups excluding carboxylic acids is 1. The third kappa shape index (κ3) is 2.23. The van der Waals surface area contributed by atoms with Crippen molar-refractivity contribution >= 4 is 17.7 Å². The number of ether oxygens (including phenoxy) is 1. The molecule has 0 unspecified atom stereocenters. The van der Waals surface area contributed by atoms with E-state index in [0.29, 0.717) is 0 Å². The molecule has 0 aliphatic rings. The van der Waals surface area contributed by atoms with Gasteiger partial charge in [0.1, 0.15) is 5.03 Å². The summed E-state index contributed by atoms with van der Waals surface area (Å²) >= 11 is 1.35. The molecule has 0 aliphatic heterocycles. The van der Waals surface area contributed by atoms with Gasteiger partial charge in [0.15, 0.2) is 0 Å². The van der Waals surface area contributed by atoms with Crippen LogP contribution < -0.4 is 0 Å². The molecule has 0 aliphatic carbocycles. The maximum Gasteiger partial charge on any atom is 0.316 e. The van der Waals surface area contributed by atoms with E-state index in [0.717, 1.165) is 5.03 Å². The van der Waals surface area contributed by atoms with Crippen LogP contribution in [0.3, 0.4) is 0 Å². The number of aromatic nitrogens is 3. The van der Waals surface area contributed by atoms with Gasteiger partial charge in [0.2, 0.25) is 0 Å². The van der Waals surface area contributed by atoms with Gasteiger partial charge in [-0.1, -0.05) is 17.0 Å². The Morgan fingerprint density at radius 2 is 2.58 bits per heavy atom. The molecule has 0 amide bonds. The first-order valence-corrected chi connectivity index (χ1v) is 4.27. The quantitative estimate of drug-likeness (QED) is 0.495. The zero-order valence-corrected chi connectivity index (χ0v) is 7.67. The molecule has 1 rings (SSSR count). The molecule has 0 N–H and O–H groups in total. The maximum absolute atomic E-state index is 10.7. The van der Waals surface area contributed by atoms with Crippen molar-refractivity contribution in [2.24, 2.45) is 7.05 Å². The van der Waals surface area contributed by atoms with Crippen molar-refractivity contribution in [3.05, 3.63) is 6.20 Å². The fourth-order valence-corrected chi connectivity index (χ4v) is 1.33. The van der Waals surface area contributed by atoms with Crippen LogP contribution in [0.5, 0.6) is 0 Å². The van der Waals surface area contributed by atoms with Crippen LogP contribution in [0.25, 0.3) is 0 Å². The first-order chi connectivity index (χ1) is 5.74. The second kappa shape index (κ2) is 4.10. The molecule has 0 atom stereocenters. The highest BCUT2D eigenvalue weighted by Crippen LogP contribution is 2.14. The molecular formula is C6H9N3O2S. The smallest absolute Gasteiger partial charge is 0.316 e. The number of hydrogen-bond donors (Lipinski definition) is 0. The van der Waals surface area contributed by atoms with Crippen molar-refractivity contribution in [3.63, 3.8) is 0 Å². The molecule has 0 fully saturated rings. The highest BCUT2D eigenvalue weighted by Gasteiger charge is 2.04. The van der Waals surface area contributed by atoms with E-state index in [9.17, 15) is 4.79 Å².